The summed E-state index contributed by atoms with van der Waals surface area (Å²) in [5, 5.41) is 0. The van der Waals surface area contributed by atoms with Crippen LogP contribution in [0, 0.1) is 0 Å². The zero-order chi connectivity index (χ0) is 13.1. The first-order valence-electron chi connectivity index (χ1n) is 5.86. The molecule has 0 spiro atoms. The van der Waals surface area contributed by atoms with Crippen LogP contribution in [-0.4, -0.2) is 9.97 Å². The first-order chi connectivity index (χ1) is 8.61. The molecule has 0 aliphatic rings. The van der Waals surface area contributed by atoms with Gasteiger partial charge in [-0.3, -0.25) is 4.79 Å². The topological polar surface area (TPSA) is 97.8 Å². The maximum atomic E-state index is 11.9. The van der Waals surface area contributed by atoms with Gasteiger partial charge in [-0.1, -0.05) is 13.3 Å². The van der Waals surface area contributed by atoms with Crippen molar-refractivity contribution in [1.82, 2.24) is 9.97 Å². The lowest BCUT2D eigenvalue weighted by molar-refractivity contribution is 0.892. The van der Waals surface area contributed by atoms with Gasteiger partial charge in [-0.2, -0.15) is 0 Å². The van der Waals surface area contributed by atoms with Gasteiger partial charge in [0.1, 0.15) is 11.6 Å². The summed E-state index contributed by atoms with van der Waals surface area (Å²) in [7, 11) is 0. The van der Waals surface area contributed by atoms with Gasteiger partial charge in [-0.25, -0.2) is 4.98 Å². The normalized spacial score (nSPS) is 10.5. The van der Waals surface area contributed by atoms with Gasteiger partial charge < -0.3 is 16.5 Å². The molecule has 0 saturated carbocycles. The molecule has 5 nitrogen and oxygen atoms in total. The molecule has 2 rings (SSSR count). The lowest BCUT2D eigenvalue weighted by Gasteiger charge is -2.06. The smallest absolute Gasteiger partial charge is 0.256 e. The van der Waals surface area contributed by atoms with Crippen molar-refractivity contribution in [1.29, 1.82) is 0 Å². The van der Waals surface area contributed by atoms with Crippen molar-refractivity contribution in [3.8, 4) is 11.4 Å². The van der Waals surface area contributed by atoms with Crippen molar-refractivity contribution < 1.29 is 0 Å². The number of benzene rings is 1. The number of nitrogen functional groups attached to an aromatic ring is 2. The molecule has 5 N–H and O–H groups in total. The first-order valence-corrected chi connectivity index (χ1v) is 5.86. The third-order valence-electron chi connectivity index (χ3n) is 2.73. The standard InChI is InChI=1S/C13H16N4O/c1-2-3-10-11(15)16-12(17-13(10)18)8-4-6-9(14)7-5-8/h4-7H,2-3,14H2,1H3,(H3,15,16,17,18). The Kier molecular flexibility index (Phi) is 3.32. The summed E-state index contributed by atoms with van der Waals surface area (Å²) in [6, 6.07) is 7.11. The number of nitrogens with two attached hydrogens (primary N) is 2. The Hall–Kier alpha value is -2.30. The number of rotatable bonds is 3. The Morgan fingerprint density at radius 3 is 2.44 bits per heavy atom. The lowest BCUT2D eigenvalue weighted by atomic mass is 10.1. The van der Waals surface area contributed by atoms with E-state index >= 15 is 0 Å². The molecule has 0 amide bonds. The lowest BCUT2D eigenvalue weighted by Crippen LogP contribution is -2.18. The number of aromatic amines is 1. The first kappa shape index (κ1) is 12.2. The minimum atomic E-state index is -0.170. The third-order valence-corrected chi connectivity index (χ3v) is 2.73. The number of hydrogen-bond acceptors (Lipinski definition) is 4. The zero-order valence-corrected chi connectivity index (χ0v) is 10.2. The molecular formula is C13H16N4O. The Balaban J connectivity index is 2.48. The number of nitrogens with one attached hydrogen (secondary N) is 1. The molecular weight excluding hydrogens is 228 g/mol. The second kappa shape index (κ2) is 4.91. The van der Waals surface area contributed by atoms with Gasteiger partial charge in [0, 0.05) is 11.3 Å². The van der Waals surface area contributed by atoms with Crippen LogP contribution in [0.3, 0.4) is 0 Å². The molecule has 0 unspecified atom stereocenters. The van der Waals surface area contributed by atoms with Gasteiger partial charge in [0.2, 0.25) is 0 Å². The molecule has 2 aromatic rings. The van der Waals surface area contributed by atoms with Crippen molar-refractivity contribution in [3.05, 3.63) is 40.2 Å². The SMILES string of the molecule is CCCc1c(N)nc(-c2ccc(N)cc2)[nH]c1=O. The van der Waals surface area contributed by atoms with E-state index in [-0.39, 0.29) is 5.56 Å². The number of anilines is 2. The molecule has 0 fully saturated rings. The van der Waals surface area contributed by atoms with E-state index in [4.69, 9.17) is 11.5 Å². The Morgan fingerprint density at radius 1 is 1.22 bits per heavy atom. The molecule has 0 bridgehead atoms. The fraction of sp³-hybridized carbons (Fsp3) is 0.231. The van der Waals surface area contributed by atoms with Crippen molar-refractivity contribution in [3.63, 3.8) is 0 Å². The summed E-state index contributed by atoms with van der Waals surface area (Å²) in [4.78, 5) is 18.9. The minimum Gasteiger partial charge on any atom is -0.399 e. The zero-order valence-electron chi connectivity index (χ0n) is 10.2. The molecule has 1 heterocycles. The summed E-state index contributed by atoms with van der Waals surface area (Å²) in [5.41, 5.74) is 13.3. The van der Waals surface area contributed by atoms with Crippen LogP contribution >= 0.6 is 0 Å². The largest absolute Gasteiger partial charge is 0.399 e. The van der Waals surface area contributed by atoms with E-state index in [0.29, 0.717) is 29.3 Å². The minimum absolute atomic E-state index is 0.170. The van der Waals surface area contributed by atoms with Gasteiger partial charge in [0.05, 0.1) is 5.56 Å². The summed E-state index contributed by atoms with van der Waals surface area (Å²) >= 11 is 0. The van der Waals surface area contributed by atoms with Crippen LogP contribution in [-0.2, 0) is 6.42 Å². The molecule has 1 aromatic carbocycles. The van der Waals surface area contributed by atoms with Crippen LogP contribution in [0.2, 0.25) is 0 Å². The van der Waals surface area contributed by atoms with E-state index in [1.807, 2.05) is 6.92 Å². The number of nitrogens with zero attached hydrogens (tertiary/aromatic N) is 1. The van der Waals surface area contributed by atoms with Gasteiger partial charge in [0.25, 0.3) is 5.56 Å². The van der Waals surface area contributed by atoms with Crippen LogP contribution in [0.1, 0.15) is 18.9 Å². The van der Waals surface area contributed by atoms with E-state index in [9.17, 15) is 4.79 Å². The second-order valence-electron chi connectivity index (χ2n) is 4.15. The molecule has 0 radical (unpaired) electrons. The summed E-state index contributed by atoms with van der Waals surface area (Å²) in [6.07, 6.45) is 1.49. The predicted molar refractivity (Wildman–Crippen MR) is 73.1 cm³/mol. The van der Waals surface area contributed by atoms with E-state index < -0.39 is 0 Å². The van der Waals surface area contributed by atoms with Crippen molar-refractivity contribution in [2.24, 2.45) is 0 Å². The quantitative estimate of drug-likeness (QED) is 0.713. The highest BCUT2D eigenvalue weighted by atomic mass is 16.1. The summed E-state index contributed by atoms with van der Waals surface area (Å²) in [6.45, 7) is 1.99. The Labute approximate surface area is 105 Å². The molecule has 18 heavy (non-hydrogen) atoms. The van der Waals surface area contributed by atoms with Gasteiger partial charge in [-0.05, 0) is 30.7 Å². The highest BCUT2D eigenvalue weighted by Crippen LogP contribution is 2.17. The molecule has 0 atom stereocenters. The summed E-state index contributed by atoms with van der Waals surface area (Å²) < 4.78 is 0. The average molecular weight is 244 g/mol. The van der Waals surface area contributed by atoms with E-state index in [1.165, 1.54) is 0 Å². The number of H-pyrrole nitrogens is 1. The molecule has 1 aromatic heterocycles. The fourth-order valence-corrected chi connectivity index (χ4v) is 1.78. The van der Waals surface area contributed by atoms with E-state index in [0.717, 1.165) is 12.0 Å². The molecule has 0 saturated heterocycles. The van der Waals surface area contributed by atoms with E-state index in [1.54, 1.807) is 24.3 Å². The predicted octanol–water partition coefficient (Wildman–Crippen LogP) is 1.55. The van der Waals surface area contributed by atoms with Crippen LogP contribution in [0.4, 0.5) is 11.5 Å². The van der Waals surface area contributed by atoms with Gasteiger partial charge in [0.15, 0.2) is 0 Å². The van der Waals surface area contributed by atoms with Crippen LogP contribution in [0.15, 0.2) is 29.1 Å². The third kappa shape index (κ3) is 2.34. The van der Waals surface area contributed by atoms with E-state index in [2.05, 4.69) is 9.97 Å². The highest BCUT2D eigenvalue weighted by molar-refractivity contribution is 5.60. The fourth-order valence-electron chi connectivity index (χ4n) is 1.78. The molecule has 0 aliphatic carbocycles. The van der Waals surface area contributed by atoms with Crippen molar-refractivity contribution in [2.45, 2.75) is 19.8 Å². The highest BCUT2D eigenvalue weighted by Gasteiger charge is 2.09. The maximum absolute atomic E-state index is 11.9. The Bertz CT molecular complexity index is 601. The second-order valence-corrected chi connectivity index (χ2v) is 4.15. The van der Waals surface area contributed by atoms with Crippen molar-refractivity contribution in [2.75, 3.05) is 11.5 Å². The number of hydrogen-bond donors (Lipinski definition) is 3. The number of aromatic nitrogens is 2. The van der Waals surface area contributed by atoms with Gasteiger partial charge in [-0.15, -0.1) is 0 Å². The molecule has 0 aliphatic heterocycles. The monoisotopic (exact) mass is 244 g/mol. The van der Waals surface area contributed by atoms with Crippen LogP contribution < -0.4 is 17.0 Å². The van der Waals surface area contributed by atoms with Gasteiger partial charge >= 0.3 is 0 Å². The Morgan fingerprint density at radius 2 is 1.89 bits per heavy atom. The molecule has 5 heteroatoms. The average Bonchev–Trinajstić information content (AvgIpc) is 2.34. The van der Waals surface area contributed by atoms with Crippen LogP contribution in [0.5, 0.6) is 0 Å². The molecule has 94 valence electrons. The van der Waals surface area contributed by atoms with Crippen molar-refractivity contribution >= 4 is 11.5 Å². The summed E-state index contributed by atoms with van der Waals surface area (Å²) in [5.74, 6) is 0.768. The maximum Gasteiger partial charge on any atom is 0.256 e. The van der Waals surface area contributed by atoms with Crippen LogP contribution in [0.25, 0.3) is 11.4 Å².